The minimum absolute atomic E-state index is 0.0770. The minimum atomic E-state index is 0.0770. The molecule has 0 saturated carbocycles. The molecule has 0 spiro atoms. The van der Waals surface area contributed by atoms with Crippen LogP contribution in [-0.2, 0) is 0 Å². The molecule has 0 bridgehead atoms. The first-order chi connectivity index (χ1) is 14.2. The van der Waals surface area contributed by atoms with E-state index in [1.165, 1.54) is 5.57 Å². The van der Waals surface area contributed by atoms with Crippen molar-refractivity contribution >= 4 is 17.0 Å². The van der Waals surface area contributed by atoms with Gasteiger partial charge in [-0.3, -0.25) is 5.41 Å². The Morgan fingerprint density at radius 3 is 1.00 bits per heavy atom. The highest BCUT2D eigenvalue weighted by molar-refractivity contribution is 6.05. The minimum Gasteiger partial charge on any atom is -0.384 e. The summed E-state index contributed by atoms with van der Waals surface area (Å²) in [5.74, 6) is 0.0770. The van der Waals surface area contributed by atoms with Crippen molar-refractivity contribution in [2.45, 2.75) is 0 Å². The zero-order valence-electron chi connectivity index (χ0n) is 16.0. The van der Waals surface area contributed by atoms with Crippen molar-refractivity contribution in [3.8, 4) is 0 Å². The number of benzene rings is 4. The first-order valence-electron chi connectivity index (χ1n) is 9.59. The maximum atomic E-state index is 7.70. The zero-order chi connectivity index (χ0) is 20.1. The topological polar surface area (TPSA) is 49.9 Å². The first-order valence-corrected chi connectivity index (χ1v) is 9.59. The molecule has 4 aromatic rings. The summed E-state index contributed by atoms with van der Waals surface area (Å²) in [5, 5.41) is 7.70. The van der Waals surface area contributed by atoms with Crippen molar-refractivity contribution in [1.82, 2.24) is 0 Å². The lowest BCUT2D eigenvalue weighted by molar-refractivity contribution is 1.42. The molecule has 3 N–H and O–H groups in total. The van der Waals surface area contributed by atoms with Gasteiger partial charge < -0.3 is 5.73 Å². The summed E-state index contributed by atoms with van der Waals surface area (Å²) < 4.78 is 0. The van der Waals surface area contributed by atoms with E-state index in [0.717, 1.165) is 33.4 Å². The van der Waals surface area contributed by atoms with Crippen LogP contribution in [0.4, 0.5) is 0 Å². The van der Waals surface area contributed by atoms with Crippen molar-refractivity contribution in [1.29, 1.82) is 5.41 Å². The van der Waals surface area contributed by atoms with E-state index in [2.05, 4.69) is 72.8 Å². The van der Waals surface area contributed by atoms with Crippen LogP contribution < -0.4 is 5.73 Å². The Morgan fingerprint density at radius 1 is 0.414 bits per heavy atom. The quantitative estimate of drug-likeness (QED) is 0.252. The molecule has 0 unspecified atom stereocenters. The molecular weight excluding hydrogens is 352 g/mol. The lowest BCUT2D eigenvalue weighted by Gasteiger charge is -2.18. The normalized spacial score (nSPS) is 10.3. The molecule has 0 heterocycles. The Kier molecular flexibility index (Phi) is 5.35. The van der Waals surface area contributed by atoms with Crippen LogP contribution >= 0.6 is 0 Å². The summed E-state index contributed by atoms with van der Waals surface area (Å²) in [5.41, 5.74) is 13.3. The third-order valence-corrected chi connectivity index (χ3v) is 4.92. The third-order valence-electron chi connectivity index (χ3n) is 4.92. The highest BCUT2D eigenvalue weighted by Gasteiger charge is 2.16. The largest absolute Gasteiger partial charge is 0.384 e. The molecule has 0 saturated heterocycles. The smallest absolute Gasteiger partial charge is 0.122 e. The lowest BCUT2D eigenvalue weighted by atomic mass is 9.85. The van der Waals surface area contributed by atoms with Gasteiger partial charge in [0, 0.05) is 5.56 Å². The van der Waals surface area contributed by atoms with Crippen LogP contribution in [0.3, 0.4) is 0 Å². The van der Waals surface area contributed by atoms with Gasteiger partial charge in [-0.15, -0.1) is 0 Å². The lowest BCUT2D eigenvalue weighted by Crippen LogP contribution is -2.10. The number of rotatable bonds is 5. The molecular formula is C27H22N2. The molecule has 29 heavy (non-hydrogen) atoms. The Labute approximate surface area is 171 Å². The molecule has 0 aliphatic carbocycles. The maximum Gasteiger partial charge on any atom is 0.122 e. The maximum absolute atomic E-state index is 7.70. The number of amidine groups is 1. The Balaban J connectivity index is 2.05. The van der Waals surface area contributed by atoms with Gasteiger partial charge in [-0.05, 0) is 33.4 Å². The second-order valence-corrected chi connectivity index (χ2v) is 6.84. The number of nitrogens with one attached hydrogen (secondary N) is 1. The molecule has 0 amide bonds. The van der Waals surface area contributed by atoms with Gasteiger partial charge in [-0.1, -0.05) is 115 Å². The summed E-state index contributed by atoms with van der Waals surface area (Å²) in [6.07, 6.45) is 0. The number of hydrogen-bond donors (Lipinski definition) is 2. The van der Waals surface area contributed by atoms with Gasteiger partial charge in [0.2, 0.25) is 0 Å². The van der Waals surface area contributed by atoms with E-state index in [4.69, 9.17) is 11.1 Å². The molecule has 0 aromatic heterocycles. The number of hydrogen-bond acceptors (Lipinski definition) is 1. The second-order valence-electron chi connectivity index (χ2n) is 6.84. The van der Waals surface area contributed by atoms with E-state index in [1.807, 2.05) is 42.5 Å². The van der Waals surface area contributed by atoms with Gasteiger partial charge in [0.15, 0.2) is 0 Å². The average Bonchev–Trinajstić information content (AvgIpc) is 2.79. The SMILES string of the molecule is N=C(N)c1ccc(C(=C(c2ccccc2)c2ccccc2)c2ccccc2)cc1. The monoisotopic (exact) mass is 374 g/mol. The van der Waals surface area contributed by atoms with Gasteiger partial charge in [0.25, 0.3) is 0 Å². The predicted molar refractivity (Wildman–Crippen MR) is 122 cm³/mol. The fourth-order valence-corrected chi connectivity index (χ4v) is 3.54. The Morgan fingerprint density at radius 2 is 0.690 bits per heavy atom. The number of nitrogens with two attached hydrogens (primary N) is 1. The van der Waals surface area contributed by atoms with E-state index in [1.54, 1.807) is 0 Å². The summed E-state index contributed by atoms with van der Waals surface area (Å²) in [6.45, 7) is 0. The standard InChI is InChI=1S/C27H22N2/c28-27(29)24-18-16-23(17-19-24)26(22-14-8-3-9-15-22)25(20-10-4-1-5-11-20)21-12-6-2-7-13-21/h1-19H,(H3,28,29). The third kappa shape index (κ3) is 4.02. The fraction of sp³-hybridized carbons (Fsp3) is 0. The van der Waals surface area contributed by atoms with E-state index < -0.39 is 0 Å². The van der Waals surface area contributed by atoms with Crippen molar-refractivity contribution < 1.29 is 0 Å². The van der Waals surface area contributed by atoms with Gasteiger partial charge in [0.1, 0.15) is 5.84 Å². The van der Waals surface area contributed by atoms with Gasteiger partial charge in [-0.25, -0.2) is 0 Å². The first kappa shape index (κ1) is 18.5. The van der Waals surface area contributed by atoms with Crippen LogP contribution in [0.1, 0.15) is 27.8 Å². The van der Waals surface area contributed by atoms with Crippen molar-refractivity contribution in [2.24, 2.45) is 5.73 Å². The molecule has 2 heteroatoms. The second kappa shape index (κ2) is 8.41. The highest BCUT2D eigenvalue weighted by atomic mass is 14.7. The van der Waals surface area contributed by atoms with E-state index in [-0.39, 0.29) is 5.84 Å². The molecule has 140 valence electrons. The van der Waals surface area contributed by atoms with E-state index in [0.29, 0.717) is 0 Å². The fourth-order valence-electron chi connectivity index (χ4n) is 3.54. The van der Waals surface area contributed by atoms with Crippen LogP contribution in [0, 0.1) is 5.41 Å². The summed E-state index contributed by atoms with van der Waals surface area (Å²) in [7, 11) is 0. The molecule has 2 nitrogen and oxygen atoms in total. The van der Waals surface area contributed by atoms with Crippen molar-refractivity contribution in [3.63, 3.8) is 0 Å². The van der Waals surface area contributed by atoms with E-state index in [9.17, 15) is 0 Å². The van der Waals surface area contributed by atoms with Gasteiger partial charge in [-0.2, -0.15) is 0 Å². The van der Waals surface area contributed by atoms with Gasteiger partial charge in [0.05, 0.1) is 0 Å². The molecule has 0 aliphatic heterocycles. The molecule has 0 radical (unpaired) electrons. The summed E-state index contributed by atoms with van der Waals surface area (Å²) in [4.78, 5) is 0. The summed E-state index contributed by atoms with van der Waals surface area (Å²) >= 11 is 0. The Hall–Kier alpha value is -3.91. The molecule has 0 atom stereocenters. The molecule has 0 aliphatic rings. The van der Waals surface area contributed by atoms with Crippen LogP contribution in [-0.4, -0.2) is 5.84 Å². The van der Waals surface area contributed by atoms with Crippen LogP contribution in [0.5, 0.6) is 0 Å². The highest BCUT2D eigenvalue weighted by Crippen LogP contribution is 2.36. The van der Waals surface area contributed by atoms with Gasteiger partial charge >= 0.3 is 0 Å². The Bertz CT molecular complexity index is 1090. The average molecular weight is 374 g/mol. The van der Waals surface area contributed by atoms with E-state index >= 15 is 0 Å². The zero-order valence-corrected chi connectivity index (χ0v) is 16.0. The van der Waals surface area contributed by atoms with Crippen molar-refractivity contribution in [3.05, 3.63) is 143 Å². The van der Waals surface area contributed by atoms with Crippen molar-refractivity contribution in [2.75, 3.05) is 0 Å². The van der Waals surface area contributed by atoms with Crippen LogP contribution in [0.25, 0.3) is 11.1 Å². The molecule has 0 fully saturated rings. The number of nitrogen functional groups attached to an aromatic ring is 1. The molecule has 4 aromatic carbocycles. The van der Waals surface area contributed by atoms with Crippen LogP contribution in [0.2, 0.25) is 0 Å². The van der Waals surface area contributed by atoms with Crippen LogP contribution in [0.15, 0.2) is 115 Å². The molecule has 4 rings (SSSR count). The predicted octanol–water partition coefficient (Wildman–Crippen LogP) is 5.98. The summed E-state index contributed by atoms with van der Waals surface area (Å²) in [6, 6.07) is 39.3.